The number of carbonyl (C=O) groups is 1. The van der Waals surface area contributed by atoms with Gasteiger partial charge in [-0.05, 0) is 67.1 Å². The van der Waals surface area contributed by atoms with Gasteiger partial charge in [0.2, 0.25) is 11.4 Å². The third-order valence-corrected chi connectivity index (χ3v) is 10.4. The van der Waals surface area contributed by atoms with E-state index in [2.05, 4.69) is 146 Å². The smallest absolute Gasteiger partial charge is 0.312 e. The summed E-state index contributed by atoms with van der Waals surface area (Å²) in [5.74, 6) is 0.646. The number of hydrogen-bond donors (Lipinski definition) is 0. The Hall–Kier alpha value is -5.62. The molecular formula is C46H48N3O3+3. The van der Waals surface area contributed by atoms with Crippen LogP contribution in [0.4, 0.5) is 0 Å². The van der Waals surface area contributed by atoms with Gasteiger partial charge in [0.15, 0.2) is 37.5 Å². The molecule has 6 heteroatoms. The summed E-state index contributed by atoms with van der Waals surface area (Å²) in [5, 5.41) is 0. The first-order chi connectivity index (χ1) is 25.3. The molecule has 6 nitrogen and oxygen atoms in total. The fraction of sp³-hybridized carbons (Fsp3) is 0.261. The summed E-state index contributed by atoms with van der Waals surface area (Å²) in [6.45, 7) is 7.19. The molecule has 3 aromatic heterocycles. The number of carbonyl (C=O) groups excluding carboxylic acids is 1. The lowest BCUT2D eigenvalue weighted by Gasteiger charge is -2.32. The van der Waals surface area contributed by atoms with Crippen molar-refractivity contribution in [2.45, 2.75) is 58.4 Å². The molecule has 0 aliphatic heterocycles. The van der Waals surface area contributed by atoms with Crippen LogP contribution in [0.15, 0.2) is 128 Å². The highest BCUT2D eigenvalue weighted by atomic mass is 16.5. The number of rotatable bonds is 12. The van der Waals surface area contributed by atoms with E-state index < -0.39 is 5.41 Å². The number of pyridine rings is 3. The van der Waals surface area contributed by atoms with Gasteiger partial charge in [0.25, 0.3) is 0 Å². The first kappa shape index (κ1) is 34.8. The van der Waals surface area contributed by atoms with Gasteiger partial charge in [0.1, 0.15) is 19.2 Å². The third-order valence-electron chi connectivity index (χ3n) is 10.4. The molecule has 0 radical (unpaired) electrons. The van der Waals surface area contributed by atoms with E-state index in [1.165, 1.54) is 57.5 Å². The van der Waals surface area contributed by atoms with E-state index in [0.29, 0.717) is 19.6 Å². The maximum atomic E-state index is 12.0. The van der Waals surface area contributed by atoms with Crippen molar-refractivity contribution < 1.29 is 28.0 Å². The number of nitrogens with zero attached hydrogens (tertiary/aromatic N) is 3. The summed E-state index contributed by atoms with van der Waals surface area (Å²) < 4.78 is 17.4. The zero-order valence-corrected chi connectivity index (χ0v) is 30.9. The second-order valence-corrected chi connectivity index (χ2v) is 13.8. The highest BCUT2D eigenvalue weighted by Gasteiger charge is 2.52. The van der Waals surface area contributed by atoms with Gasteiger partial charge in [-0.25, -0.2) is 9.13 Å². The van der Waals surface area contributed by atoms with Crippen molar-refractivity contribution in [1.29, 1.82) is 0 Å². The average Bonchev–Trinajstić information content (AvgIpc) is 3.47. The fourth-order valence-corrected chi connectivity index (χ4v) is 7.71. The molecule has 7 rings (SSSR count). The zero-order valence-electron chi connectivity index (χ0n) is 30.9. The number of fused-ring (bicyclic) bond motifs is 3. The van der Waals surface area contributed by atoms with Gasteiger partial charge in [-0.3, -0.25) is 4.79 Å². The molecule has 52 heavy (non-hydrogen) atoms. The number of hydrogen-bond acceptors (Lipinski definition) is 3. The minimum atomic E-state index is -0.614. The first-order valence-corrected chi connectivity index (χ1v) is 18.4. The molecule has 0 amide bonds. The number of esters is 1. The maximum Gasteiger partial charge on any atom is 0.312 e. The van der Waals surface area contributed by atoms with Crippen LogP contribution in [0, 0.1) is 6.92 Å². The lowest BCUT2D eigenvalue weighted by atomic mass is 9.68. The molecule has 3 aromatic carbocycles. The van der Waals surface area contributed by atoms with Crippen LogP contribution >= 0.6 is 0 Å². The van der Waals surface area contributed by atoms with Crippen LogP contribution in [0.25, 0.3) is 28.1 Å². The Bertz CT molecular complexity index is 2190. The van der Waals surface area contributed by atoms with E-state index in [1.807, 2.05) is 23.9 Å². The second kappa shape index (κ2) is 14.9. The molecule has 262 valence electrons. The van der Waals surface area contributed by atoms with Gasteiger partial charge < -0.3 is 9.47 Å². The summed E-state index contributed by atoms with van der Waals surface area (Å²) >= 11 is 0. The summed E-state index contributed by atoms with van der Waals surface area (Å²) in [6.07, 6.45) is 14.7. The maximum absolute atomic E-state index is 12.0. The van der Waals surface area contributed by atoms with Crippen molar-refractivity contribution in [2.75, 3.05) is 13.7 Å². The Balaban J connectivity index is 1.42. The lowest BCUT2D eigenvalue weighted by molar-refractivity contribution is -0.695. The lowest BCUT2D eigenvalue weighted by Crippen LogP contribution is -2.36. The Morgan fingerprint density at radius 3 is 2.12 bits per heavy atom. The van der Waals surface area contributed by atoms with E-state index in [1.54, 1.807) is 7.11 Å². The molecule has 3 heterocycles. The van der Waals surface area contributed by atoms with Gasteiger partial charge >= 0.3 is 5.97 Å². The van der Waals surface area contributed by atoms with Crippen LogP contribution < -0.4 is 18.4 Å². The van der Waals surface area contributed by atoms with E-state index in [-0.39, 0.29) is 5.97 Å². The molecule has 0 fully saturated rings. The Labute approximate surface area is 307 Å². The van der Waals surface area contributed by atoms with Crippen molar-refractivity contribution in [3.63, 3.8) is 0 Å². The number of benzene rings is 3. The van der Waals surface area contributed by atoms with E-state index in [0.717, 1.165) is 29.0 Å². The second-order valence-electron chi connectivity index (χ2n) is 13.8. The van der Waals surface area contributed by atoms with Crippen molar-refractivity contribution in [3.05, 3.63) is 161 Å². The monoisotopic (exact) mass is 690 g/mol. The van der Waals surface area contributed by atoms with Gasteiger partial charge in [-0.15, -0.1) is 0 Å². The topological polar surface area (TPSA) is 47.2 Å². The zero-order chi connectivity index (χ0) is 36.2. The Morgan fingerprint density at radius 2 is 1.46 bits per heavy atom. The van der Waals surface area contributed by atoms with Crippen molar-refractivity contribution in [3.8, 4) is 33.8 Å². The Morgan fingerprint density at radius 1 is 0.769 bits per heavy atom. The molecular weight excluding hydrogens is 643 g/mol. The molecule has 0 saturated carbocycles. The largest absolute Gasteiger partial charge is 0.497 e. The van der Waals surface area contributed by atoms with Crippen LogP contribution in [0.5, 0.6) is 5.75 Å². The van der Waals surface area contributed by atoms with Gasteiger partial charge in [-0.1, -0.05) is 67.4 Å². The number of unbranched alkanes of at least 4 members (excludes halogenated alkanes) is 1. The average molecular weight is 691 g/mol. The minimum absolute atomic E-state index is 0.180. The quantitative estimate of drug-likeness (QED) is 0.0975. The van der Waals surface area contributed by atoms with Crippen LogP contribution in [0.1, 0.15) is 66.5 Å². The van der Waals surface area contributed by atoms with Crippen LogP contribution in [0.3, 0.4) is 0 Å². The predicted octanol–water partition coefficient (Wildman–Crippen LogP) is 7.72. The summed E-state index contributed by atoms with van der Waals surface area (Å²) in [4.78, 5) is 12.0. The van der Waals surface area contributed by atoms with Gasteiger partial charge in [0, 0.05) is 41.5 Å². The number of aryl methyl sites for hydroxylation is 4. The molecule has 0 bridgehead atoms. The molecule has 1 atom stereocenters. The standard InChI is InChI=1S/C46H48N3O3/c1-6-8-9-34-12-18-39(19-13-34)49-29-24-41-43(32-49)46(37-14-10-33(3)11-15-37,38-16-20-40(51-5)21-17-38)42-30-36(31-47(4)45(41)42)35-22-26-48(27-23-35)28-25-44(50)52-7-2/h10-24,26-27,29-32H,6-9,25,28H2,1-5H3/q+3. The van der Waals surface area contributed by atoms with E-state index >= 15 is 0 Å². The number of aromatic nitrogens is 3. The van der Waals surface area contributed by atoms with E-state index in [4.69, 9.17) is 9.47 Å². The van der Waals surface area contributed by atoms with Crippen molar-refractivity contribution in [1.82, 2.24) is 0 Å². The SMILES string of the molecule is CCCCc1ccc(-[n+]2ccc3c(c2)C(c2ccc(C)cc2)(c2ccc(OC)cc2)c2cc(-c4cc[n+](CCC(=O)OCC)cc4)c[n+](C)c2-3)cc1. The molecule has 0 N–H and O–H groups in total. The van der Waals surface area contributed by atoms with Crippen LogP contribution in [0.2, 0.25) is 0 Å². The minimum Gasteiger partial charge on any atom is -0.497 e. The molecule has 1 unspecified atom stereocenters. The molecule has 1 aliphatic rings. The van der Waals surface area contributed by atoms with Crippen LogP contribution in [-0.4, -0.2) is 19.7 Å². The van der Waals surface area contributed by atoms with E-state index in [9.17, 15) is 4.79 Å². The fourth-order valence-electron chi connectivity index (χ4n) is 7.71. The highest BCUT2D eigenvalue weighted by Crippen LogP contribution is 2.55. The molecule has 0 saturated heterocycles. The van der Waals surface area contributed by atoms with Crippen molar-refractivity contribution >= 4 is 5.97 Å². The van der Waals surface area contributed by atoms with Crippen LogP contribution in [-0.2, 0) is 35.0 Å². The normalized spacial score (nSPS) is 14.5. The van der Waals surface area contributed by atoms with Crippen molar-refractivity contribution in [2.24, 2.45) is 7.05 Å². The molecule has 1 aliphatic carbocycles. The van der Waals surface area contributed by atoms with Gasteiger partial charge in [-0.2, -0.15) is 4.57 Å². The summed E-state index contributed by atoms with van der Waals surface area (Å²) in [7, 11) is 3.87. The Kier molecular flexibility index (Phi) is 9.99. The summed E-state index contributed by atoms with van der Waals surface area (Å²) in [5.41, 5.74) is 12.6. The molecule has 6 aromatic rings. The number of methoxy groups -OCH3 is 1. The number of ether oxygens (including phenoxy) is 2. The third kappa shape index (κ3) is 6.50. The first-order valence-electron chi connectivity index (χ1n) is 18.4. The van der Waals surface area contributed by atoms with Gasteiger partial charge in [0.05, 0.1) is 30.3 Å². The highest BCUT2D eigenvalue weighted by molar-refractivity contribution is 5.83. The predicted molar refractivity (Wildman–Crippen MR) is 203 cm³/mol. The summed E-state index contributed by atoms with van der Waals surface area (Å²) in [6, 6.07) is 35.6. The molecule has 0 spiro atoms.